The third-order valence-corrected chi connectivity index (χ3v) is 3.99. The molecule has 1 fully saturated rings. The third-order valence-electron chi connectivity index (χ3n) is 3.99. The topological polar surface area (TPSA) is 79.2 Å². The molecular weight excluding hydrogens is 280 g/mol. The first kappa shape index (κ1) is 16.5. The highest BCUT2D eigenvalue weighted by atomic mass is 16.2. The summed E-state index contributed by atoms with van der Waals surface area (Å²) in [7, 11) is 0. The van der Waals surface area contributed by atoms with Crippen LogP contribution in [0.3, 0.4) is 0 Å². The molecular formula is C16H26N4O2+2. The maximum atomic E-state index is 11.8. The summed E-state index contributed by atoms with van der Waals surface area (Å²) >= 11 is 0. The van der Waals surface area contributed by atoms with E-state index in [1.54, 1.807) is 0 Å². The summed E-state index contributed by atoms with van der Waals surface area (Å²) in [5.41, 5.74) is 1.85. The van der Waals surface area contributed by atoms with Gasteiger partial charge in [-0.05, 0) is 24.1 Å². The van der Waals surface area contributed by atoms with Crippen molar-refractivity contribution in [2.45, 2.75) is 13.3 Å². The summed E-state index contributed by atoms with van der Waals surface area (Å²) in [6, 6.07) is 7.53. The molecule has 0 aromatic heterocycles. The third kappa shape index (κ3) is 5.13. The van der Waals surface area contributed by atoms with Gasteiger partial charge in [-0.2, -0.15) is 0 Å². The van der Waals surface area contributed by atoms with E-state index in [9.17, 15) is 9.59 Å². The molecule has 0 saturated carbocycles. The Morgan fingerprint density at radius 3 is 2.45 bits per heavy atom. The van der Waals surface area contributed by atoms with Crippen molar-refractivity contribution in [2.24, 2.45) is 0 Å². The summed E-state index contributed by atoms with van der Waals surface area (Å²) < 4.78 is 0. The Morgan fingerprint density at radius 2 is 1.82 bits per heavy atom. The van der Waals surface area contributed by atoms with Crippen molar-refractivity contribution in [3.63, 3.8) is 0 Å². The van der Waals surface area contributed by atoms with Crippen LogP contribution < -0.4 is 20.9 Å². The van der Waals surface area contributed by atoms with Gasteiger partial charge in [-0.3, -0.25) is 9.59 Å². The van der Waals surface area contributed by atoms with Gasteiger partial charge in [0.25, 0.3) is 0 Å². The van der Waals surface area contributed by atoms with Gasteiger partial charge in [-0.15, -0.1) is 0 Å². The highest BCUT2D eigenvalue weighted by Crippen LogP contribution is 2.09. The minimum absolute atomic E-state index is 0.538. The van der Waals surface area contributed by atoms with Crippen LogP contribution in [0.25, 0.3) is 0 Å². The van der Waals surface area contributed by atoms with Crippen LogP contribution >= 0.6 is 0 Å². The molecule has 5 N–H and O–H groups in total. The second-order valence-electron chi connectivity index (χ2n) is 5.63. The highest BCUT2D eigenvalue weighted by Gasteiger charge is 2.17. The smallest absolute Gasteiger partial charge is 0.313 e. The number of carbonyl (C=O) groups is 2. The lowest BCUT2D eigenvalue weighted by Crippen LogP contribution is -3.21. The van der Waals surface area contributed by atoms with Crippen LogP contribution in [0.4, 0.5) is 5.69 Å². The van der Waals surface area contributed by atoms with E-state index in [1.807, 2.05) is 24.3 Å². The van der Waals surface area contributed by atoms with Gasteiger partial charge in [0.1, 0.15) is 26.2 Å². The SMILES string of the molecule is CCc1ccc(NC(=O)C(=O)NCC[NH+]2CC[NH2+]CC2)cc1. The van der Waals surface area contributed by atoms with Crippen molar-refractivity contribution in [1.82, 2.24) is 5.32 Å². The molecule has 1 aromatic rings. The van der Waals surface area contributed by atoms with E-state index >= 15 is 0 Å². The molecule has 1 saturated heterocycles. The Morgan fingerprint density at radius 1 is 1.14 bits per heavy atom. The van der Waals surface area contributed by atoms with Crippen LogP contribution in [0, 0.1) is 0 Å². The van der Waals surface area contributed by atoms with Crippen molar-refractivity contribution < 1.29 is 19.8 Å². The largest absolute Gasteiger partial charge is 0.342 e. The number of aryl methyl sites for hydroxylation is 1. The fraction of sp³-hybridized carbons (Fsp3) is 0.500. The van der Waals surface area contributed by atoms with Gasteiger partial charge in [0, 0.05) is 5.69 Å². The summed E-state index contributed by atoms with van der Waals surface area (Å²) in [6.45, 7) is 7.99. The second kappa shape index (κ2) is 8.51. The fourth-order valence-corrected chi connectivity index (χ4v) is 2.58. The molecule has 0 unspecified atom stereocenters. The molecule has 0 radical (unpaired) electrons. The number of hydrogen-bond acceptors (Lipinski definition) is 2. The average Bonchev–Trinajstić information content (AvgIpc) is 2.56. The number of piperazine rings is 1. The Hall–Kier alpha value is -1.92. The van der Waals surface area contributed by atoms with Gasteiger partial charge in [-0.25, -0.2) is 0 Å². The molecule has 6 heteroatoms. The van der Waals surface area contributed by atoms with E-state index in [0.717, 1.165) is 39.1 Å². The zero-order valence-electron chi connectivity index (χ0n) is 13.2. The Bertz CT molecular complexity index is 495. The number of nitrogens with one attached hydrogen (secondary N) is 3. The van der Waals surface area contributed by atoms with Gasteiger partial charge >= 0.3 is 11.8 Å². The number of quaternary nitrogens is 2. The van der Waals surface area contributed by atoms with E-state index in [0.29, 0.717) is 12.2 Å². The maximum absolute atomic E-state index is 11.8. The van der Waals surface area contributed by atoms with Crippen molar-refractivity contribution in [1.29, 1.82) is 0 Å². The Kier molecular flexibility index (Phi) is 6.36. The lowest BCUT2D eigenvalue weighted by Gasteiger charge is -2.22. The first-order chi connectivity index (χ1) is 10.7. The lowest BCUT2D eigenvalue weighted by molar-refractivity contribution is -0.945. The van der Waals surface area contributed by atoms with Crippen molar-refractivity contribution in [3.05, 3.63) is 29.8 Å². The van der Waals surface area contributed by atoms with Gasteiger partial charge in [0.15, 0.2) is 0 Å². The van der Waals surface area contributed by atoms with Crippen LogP contribution in [0.15, 0.2) is 24.3 Å². The maximum Gasteiger partial charge on any atom is 0.313 e. The summed E-state index contributed by atoms with van der Waals surface area (Å²) in [5, 5.41) is 7.61. The average molecular weight is 306 g/mol. The van der Waals surface area contributed by atoms with E-state index in [-0.39, 0.29) is 0 Å². The van der Waals surface area contributed by atoms with Gasteiger partial charge < -0.3 is 20.9 Å². The number of benzene rings is 1. The second-order valence-corrected chi connectivity index (χ2v) is 5.63. The standard InChI is InChI=1S/C16H24N4O2/c1-2-13-3-5-14(6-4-13)19-16(22)15(21)18-9-12-20-10-7-17-8-11-20/h3-6,17H,2,7-12H2,1H3,(H,18,21)(H,19,22)/p+2. The molecule has 0 spiro atoms. The molecule has 22 heavy (non-hydrogen) atoms. The molecule has 120 valence electrons. The molecule has 2 rings (SSSR count). The van der Waals surface area contributed by atoms with Crippen LogP contribution in [0.2, 0.25) is 0 Å². The number of hydrogen-bond donors (Lipinski definition) is 4. The summed E-state index contributed by atoms with van der Waals surface area (Å²) in [4.78, 5) is 25.1. The van der Waals surface area contributed by atoms with Crippen molar-refractivity contribution in [2.75, 3.05) is 44.6 Å². The molecule has 0 aliphatic carbocycles. The molecule has 1 aliphatic rings. The van der Waals surface area contributed by atoms with E-state index in [1.165, 1.54) is 10.5 Å². The monoisotopic (exact) mass is 306 g/mol. The van der Waals surface area contributed by atoms with Crippen LogP contribution in [0.5, 0.6) is 0 Å². The van der Waals surface area contributed by atoms with E-state index in [2.05, 4.69) is 22.9 Å². The summed E-state index contributed by atoms with van der Waals surface area (Å²) in [6.07, 6.45) is 0.950. The Balaban J connectivity index is 1.70. The van der Waals surface area contributed by atoms with Gasteiger partial charge in [0.2, 0.25) is 0 Å². The minimum Gasteiger partial charge on any atom is -0.342 e. The van der Waals surface area contributed by atoms with E-state index in [4.69, 9.17) is 0 Å². The molecule has 6 nitrogen and oxygen atoms in total. The highest BCUT2D eigenvalue weighted by molar-refractivity contribution is 6.39. The van der Waals surface area contributed by atoms with Crippen LogP contribution in [-0.2, 0) is 16.0 Å². The first-order valence-electron chi connectivity index (χ1n) is 8.02. The zero-order valence-corrected chi connectivity index (χ0v) is 13.2. The van der Waals surface area contributed by atoms with Gasteiger partial charge in [-0.1, -0.05) is 19.1 Å². The zero-order chi connectivity index (χ0) is 15.8. The van der Waals surface area contributed by atoms with Crippen LogP contribution in [-0.4, -0.2) is 51.1 Å². The molecule has 1 aliphatic heterocycles. The first-order valence-corrected chi connectivity index (χ1v) is 8.02. The molecule has 1 aromatic carbocycles. The quantitative estimate of drug-likeness (QED) is 0.465. The number of amides is 2. The van der Waals surface area contributed by atoms with Crippen molar-refractivity contribution >= 4 is 17.5 Å². The number of nitrogens with two attached hydrogens (primary N) is 1. The van der Waals surface area contributed by atoms with Crippen LogP contribution in [0.1, 0.15) is 12.5 Å². The normalized spacial score (nSPS) is 15.3. The van der Waals surface area contributed by atoms with E-state index < -0.39 is 11.8 Å². The van der Waals surface area contributed by atoms with Crippen molar-refractivity contribution in [3.8, 4) is 0 Å². The Labute approximate surface area is 131 Å². The number of anilines is 1. The minimum atomic E-state index is -0.605. The molecule has 1 heterocycles. The summed E-state index contributed by atoms with van der Waals surface area (Å²) in [5.74, 6) is -1.17. The molecule has 0 atom stereocenters. The van der Waals surface area contributed by atoms with Gasteiger partial charge in [0.05, 0.1) is 13.1 Å². The number of carbonyl (C=O) groups excluding carboxylic acids is 2. The fourth-order valence-electron chi connectivity index (χ4n) is 2.58. The number of rotatable bonds is 5. The predicted octanol–water partition coefficient (Wildman–Crippen LogP) is -2.23. The molecule has 2 amide bonds. The predicted molar refractivity (Wildman–Crippen MR) is 84.7 cm³/mol. The lowest BCUT2D eigenvalue weighted by atomic mass is 10.1. The molecule has 0 bridgehead atoms.